The van der Waals surface area contributed by atoms with Gasteiger partial charge in [0.15, 0.2) is 0 Å². The summed E-state index contributed by atoms with van der Waals surface area (Å²) >= 11 is 0. The highest BCUT2D eigenvalue weighted by molar-refractivity contribution is 6.21. The minimum absolute atomic E-state index is 0.207. The Kier molecular flexibility index (Phi) is 5.43. The SMILES string of the molecule is NC(=O)c1cccc(CNCCCCN2C(=O)c3ccccc3C2=O)c1. The van der Waals surface area contributed by atoms with E-state index >= 15 is 0 Å². The van der Waals surface area contributed by atoms with Crippen LogP contribution in [0.5, 0.6) is 0 Å². The van der Waals surface area contributed by atoms with Gasteiger partial charge in [0.05, 0.1) is 11.1 Å². The van der Waals surface area contributed by atoms with Crippen molar-refractivity contribution in [1.82, 2.24) is 10.2 Å². The smallest absolute Gasteiger partial charge is 0.261 e. The number of hydrogen-bond donors (Lipinski definition) is 2. The second-order valence-corrected chi connectivity index (χ2v) is 6.26. The minimum Gasteiger partial charge on any atom is -0.366 e. The van der Waals surface area contributed by atoms with Crippen molar-refractivity contribution in [1.29, 1.82) is 0 Å². The van der Waals surface area contributed by atoms with E-state index in [1.807, 2.05) is 6.07 Å². The number of nitrogens with two attached hydrogens (primary N) is 1. The number of amides is 3. The topological polar surface area (TPSA) is 92.5 Å². The molecule has 0 bridgehead atoms. The first-order valence-corrected chi connectivity index (χ1v) is 8.62. The fourth-order valence-electron chi connectivity index (χ4n) is 3.03. The van der Waals surface area contributed by atoms with E-state index in [0.717, 1.165) is 24.9 Å². The molecule has 3 rings (SSSR count). The van der Waals surface area contributed by atoms with Gasteiger partial charge in [-0.25, -0.2) is 0 Å². The van der Waals surface area contributed by atoms with E-state index in [-0.39, 0.29) is 11.8 Å². The van der Waals surface area contributed by atoms with Gasteiger partial charge in [-0.1, -0.05) is 24.3 Å². The van der Waals surface area contributed by atoms with Crippen LogP contribution in [-0.4, -0.2) is 35.7 Å². The van der Waals surface area contributed by atoms with Crippen LogP contribution in [0.15, 0.2) is 48.5 Å². The van der Waals surface area contributed by atoms with Gasteiger partial charge in [0, 0.05) is 18.7 Å². The quantitative estimate of drug-likeness (QED) is 0.562. The molecule has 0 saturated carbocycles. The Morgan fingerprint density at radius 3 is 2.31 bits per heavy atom. The number of primary amides is 1. The molecule has 0 fully saturated rings. The zero-order valence-electron chi connectivity index (χ0n) is 14.4. The summed E-state index contributed by atoms with van der Waals surface area (Å²) in [6.07, 6.45) is 1.57. The maximum atomic E-state index is 12.3. The molecule has 1 aliphatic heterocycles. The Balaban J connectivity index is 1.40. The standard InChI is InChI=1S/C20H21N3O3/c21-18(24)15-7-5-6-14(12-15)13-22-10-3-4-11-23-19(25)16-8-1-2-9-17(16)20(23)26/h1-2,5-9,12,22H,3-4,10-11,13H2,(H2,21,24). The van der Waals surface area contributed by atoms with Crippen molar-refractivity contribution in [2.45, 2.75) is 19.4 Å². The van der Waals surface area contributed by atoms with Crippen LogP contribution in [0.2, 0.25) is 0 Å². The summed E-state index contributed by atoms with van der Waals surface area (Å²) in [5, 5.41) is 3.29. The van der Waals surface area contributed by atoms with Crippen molar-refractivity contribution < 1.29 is 14.4 Å². The molecule has 6 nitrogen and oxygen atoms in total. The summed E-state index contributed by atoms with van der Waals surface area (Å²) in [4.78, 5) is 37.0. The number of carbonyl (C=O) groups is 3. The van der Waals surface area contributed by atoms with Crippen LogP contribution in [0.3, 0.4) is 0 Å². The molecule has 0 atom stereocenters. The first kappa shape index (κ1) is 17.8. The van der Waals surface area contributed by atoms with Gasteiger partial charge in [-0.2, -0.15) is 0 Å². The fourth-order valence-corrected chi connectivity index (χ4v) is 3.03. The Bertz CT molecular complexity index is 813. The number of benzene rings is 2. The molecule has 6 heteroatoms. The van der Waals surface area contributed by atoms with Gasteiger partial charge in [-0.3, -0.25) is 19.3 Å². The highest BCUT2D eigenvalue weighted by atomic mass is 16.2. The van der Waals surface area contributed by atoms with Crippen molar-refractivity contribution in [2.75, 3.05) is 13.1 Å². The number of carbonyl (C=O) groups excluding carboxylic acids is 3. The molecule has 1 aliphatic rings. The molecule has 2 aromatic carbocycles. The lowest BCUT2D eigenvalue weighted by Gasteiger charge is -2.13. The molecule has 3 amide bonds. The summed E-state index contributed by atoms with van der Waals surface area (Å²) < 4.78 is 0. The maximum absolute atomic E-state index is 12.3. The largest absolute Gasteiger partial charge is 0.366 e. The van der Waals surface area contributed by atoms with Crippen LogP contribution < -0.4 is 11.1 Å². The zero-order chi connectivity index (χ0) is 18.5. The molecule has 0 spiro atoms. The molecule has 3 N–H and O–H groups in total. The maximum Gasteiger partial charge on any atom is 0.261 e. The third kappa shape index (κ3) is 3.81. The predicted molar refractivity (Wildman–Crippen MR) is 97.7 cm³/mol. The number of nitrogens with one attached hydrogen (secondary N) is 1. The fraction of sp³-hybridized carbons (Fsp3) is 0.250. The van der Waals surface area contributed by atoms with E-state index in [4.69, 9.17) is 5.73 Å². The summed E-state index contributed by atoms with van der Waals surface area (Å²) in [7, 11) is 0. The molecule has 0 radical (unpaired) electrons. The van der Waals surface area contributed by atoms with Crippen LogP contribution in [-0.2, 0) is 6.54 Å². The number of hydrogen-bond acceptors (Lipinski definition) is 4. The van der Waals surface area contributed by atoms with Crippen molar-refractivity contribution in [3.05, 3.63) is 70.8 Å². The van der Waals surface area contributed by atoms with Gasteiger partial charge in [0.2, 0.25) is 5.91 Å². The van der Waals surface area contributed by atoms with Gasteiger partial charge in [-0.15, -0.1) is 0 Å². The average molecular weight is 351 g/mol. The van der Waals surface area contributed by atoms with Gasteiger partial charge < -0.3 is 11.1 Å². The molecular formula is C20H21N3O3. The minimum atomic E-state index is -0.437. The number of nitrogens with zero attached hydrogens (tertiary/aromatic N) is 1. The van der Waals surface area contributed by atoms with Crippen molar-refractivity contribution >= 4 is 17.7 Å². The van der Waals surface area contributed by atoms with E-state index in [9.17, 15) is 14.4 Å². The normalized spacial score (nSPS) is 13.2. The first-order valence-electron chi connectivity index (χ1n) is 8.62. The summed E-state index contributed by atoms with van der Waals surface area (Å²) in [6.45, 7) is 1.81. The second kappa shape index (κ2) is 7.93. The number of imide groups is 1. The van der Waals surface area contributed by atoms with Crippen LogP contribution >= 0.6 is 0 Å². The summed E-state index contributed by atoms with van der Waals surface area (Å²) in [5.74, 6) is -0.851. The third-order valence-corrected chi connectivity index (χ3v) is 4.40. The van der Waals surface area contributed by atoms with Crippen molar-refractivity contribution in [3.63, 3.8) is 0 Å². The molecule has 0 saturated heterocycles. The van der Waals surface area contributed by atoms with Gasteiger partial charge in [0.25, 0.3) is 11.8 Å². The lowest BCUT2D eigenvalue weighted by atomic mass is 10.1. The van der Waals surface area contributed by atoms with Crippen LogP contribution in [0, 0.1) is 0 Å². The van der Waals surface area contributed by atoms with Crippen molar-refractivity contribution in [2.24, 2.45) is 5.73 Å². The summed E-state index contributed by atoms with van der Waals surface area (Å²) in [6, 6.07) is 14.1. The molecule has 0 aromatic heterocycles. The predicted octanol–water partition coefficient (Wildman–Crippen LogP) is 1.95. The Morgan fingerprint density at radius 2 is 1.65 bits per heavy atom. The van der Waals surface area contributed by atoms with E-state index in [1.165, 1.54) is 4.90 Å². The van der Waals surface area contributed by atoms with E-state index in [0.29, 0.717) is 29.8 Å². The molecule has 26 heavy (non-hydrogen) atoms. The van der Waals surface area contributed by atoms with Crippen molar-refractivity contribution in [3.8, 4) is 0 Å². The average Bonchev–Trinajstić information content (AvgIpc) is 2.89. The molecule has 2 aromatic rings. The highest BCUT2D eigenvalue weighted by Crippen LogP contribution is 2.22. The van der Waals surface area contributed by atoms with Gasteiger partial charge in [-0.05, 0) is 49.2 Å². The van der Waals surface area contributed by atoms with Crippen LogP contribution in [0.1, 0.15) is 49.5 Å². The molecule has 1 heterocycles. The molecular weight excluding hydrogens is 330 g/mol. The first-order chi connectivity index (χ1) is 12.6. The van der Waals surface area contributed by atoms with E-state index in [2.05, 4.69) is 5.32 Å². The van der Waals surface area contributed by atoms with Crippen LogP contribution in [0.25, 0.3) is 0 Å². The lowest BCUT2D eigenvalue weighted by molar-refractivity contribution is 0.0651. The zero-order valence-corrected chi connectivity index (χ0v) is 14.4. The van der Waals surface area contributed by atoms with E-state index < -0.39 is 5.91 Å². The highest BCUT2D eigenvalue weighted by Gasteiger charge is 2.34. The number of rotatable bonds is 8. The molecule has 0 unspecified atom stereocenters. The molecule has 0 aliphatic carbocycles. The molecule has 134 valence electrons. The van der Waals surface area contributed by atoms with Crippen LogP contribution in [0.4, 0.5) is 0 Å². The number of fused-ring (bicyclic) bond motifs is 1. The van der Waals surface area contributed by atoms with Gasteiger partial charge in [0.1, 0.15) is 0 Å². The summed E-state index contributed by atoms with van der Waals surface area (Å²) in [5.41, 5.74) is 7.74. The second-order valence-electron chi connectivity index (χ2n) is 6.26. The Hall–Kier alpha value is -2.99. The van der Waals surface area contributed by atoms with E-state index in [1.54, 1.807) is 42.5 Å². The van der Waals surface area contributed by atoms with Gasteiger partial charge >= 0.3 is 0 Å². The Morgan fingerprint density at radius 1 is 0.962 bits per heavy atom. The lowest BCUT2D eigenvalue weighted by Crippen LogP contribution is -2.31. The monoisotopic (exact) mass is 351 g/mol. The number of unbranched alkanes of at least 4 members (excludes halogenated alkanes) is 1. The Labute approximate surface area is 152 Å². The third-order valence-electron chi connectivity index (χ3n) is 4.40.